The molecule has 2 nitrogen and oxygen atoms in total. The van der Waals surface area contributed by atoms with Crippen LogP contribution in [0.4, 0.5) is 13.2 Å². The fraction of sp³-hybridized carbons (Fsp3) is 0.562. The van der Waals surface area contributed by atoms with Crippen LogP contribution in [-0.4, -0.2) is 15.7 Å². The van der Waals surface area contributed by atoms with Gasteiger partial charge in [-0.2, -0.15) is 13.2 Å². The molecule has 0 unspecified atom stereocenters. The molecule has 0 amide bonds. The van der Waals surface area contributed by atoms with Gasteiger partial charge in [-0.15, -0.1) is 12.6 Å². The summed E-state index contributed by atoms with van der Waals surface area (Å²) < 4.78 is 38.8. The van der Waals surface area contributed by atoms with Crippen LogP contribution in [0.1, 0.15) is 45.9 Å². The van der Waals surface area contributed by atoms with E-state index in [4.69, 9.17) is 0 Å². The Balaban J connectivity index is 2.26. The Morgan fingerprint density at radius 2 is 1.82 bits per heavy atom. The van der Waals surface area contributed by atoms with Crippen molar-refractivity contribution in [3.63, 3.8) is 0 Å². The molecule has 122 valence electrons. The monoisotopic (exact) mass is 330 g/mol. The first-order chi connectivity index (χ1) is 10.1. The van der Waals surface area contributed by atoms with Crippen molar-refractivity contribution >= 4 is 23.7 Å². The fourth-order valence-electron chi connectivity index (χ4n) is 2.51. The van der Waals surface area contributed by atoms with Gasteiger partial charge in [0, 0.05) is 23.3 Å². The Morgan fingerprint density at radius 3 is 2.41 bits per heavy atom. The Bertz CT molecular complexity index is 654. The molecular weight excluding hydrogens is 309 g/mol. The quantitative estimate of drug-likeness (QED) is 0.590. The maximum atomic E-state index is 12.3. The summed E-state index contributed by atoms with van der Waals surface area (Å²) in [7, 11) is 0. The zero-order chi connectivity index (χ0) is 16.5. The Hall–Kier alpha value is -1.17. The molecule has 0 aliphatic heterocycles. The van der Waals surface area contributed by atoms with Gasteiger partial charge in [0.25, 0.3) is 0 Å². The first kappa shape index (κ1) is 17.2. The highest BCUT2D eigenvalue weighted by Crippen LogP contribution is 2.29. The van der Waals surface area contributed by atoms with Gasteiger partial charge >= 0.3 is 6.18 Å². The zero-order valence-electron chi connectivity index (χ0n) is 13.0. The summed E-state index contributed by atoms with van der Waals surface area (Å²) >= 11 is 4.32. The molecule has 1 heterocycles. The molecule has 2 aromatic rings. The van der Waals surface area contributed by atoms with E-state index in [9.17, 15) is 13.2 Å². The minimum atomic E-state index is -4.08. The van der Waals surface area contributed by atoms with Gasteiger partial charge in [-0.05, 0) is 31.0 Å². The predicted octanol–water partition coefficient (Wildman–Crippen LogP) is 5.36. The van der Waals surface area contributed by atoms with Gasteiger partial charge in [0.2, 0.25) is 0 Å². The normalized spacial score (nSPS) is 13.0. The third-order valence-corrected chi connectivity index (χ3v) is 3.77. The third-order valence-electron chi connectivity index (χ3n) is 3.49. The summed E-state index contributed by atoms with van der Waals surface area (Å²) in [6.45, 7) is 6.72. The lowest BCUT2D eigenvalue weighted by Crippen LogP contribution is -2.19. The van der Waals surface area contributed by atoms with E-state index in [-0.39, 0.29) is 11.8 Å². The maximum Gasteiger partial charge on any atom is 0.389 e. The summed E-state index contributed by atoms with van der Waals surface area (Å²) in [4.78, 5) is 5.49. The SMILES string of the molecule is CC(C)(C)c1nc2cc(S)ccc2n1CCCCC(F)(F)F. The van der Waals surface area contributed by atoms with E-state index in [0.29, 0.717) is 13.0 Å². The van der Waals surface area contributed by atoms with Crippen molar-refractivity contribution < 1.29 is 13.2 Å². The van der Waals surface area contributed by atoms with Crippen molar-refractivity contribution in [3.8, 4) is 0 Å². The molecule has 0 N–H and O–H groups in total. The second-order valence-corrected chi connectivity index (χ2v) is 7.10. The fourth-order valence-corrected chi connectivity index (χ4v) is 2.71. The number of imidazole rings is 1. The van der Waals surface area contributed by atoms with Gasteiger partial charge in [0.1, 0.15) is 5.82 Å². The predicted molar refractivity (Wildman–Crippen MR) is 85.6 cm³/mol. The van der Waals surface area contributed by atoms with Gasteiger partial charge in [0.05, 0.1) is 11.0 Å². The van der Waals surface area contributed by atoms with Crippen molar-refractivity contribution in [2.75, 3.05) is 0 Å². The minimum absolute atomic E-state index is 0.136. The zero-order valence-corrected chi connectivity index (χ0v) is 13.9. The molecule has 0 aliphatic rings. The first-order valence-electron chi connectivity index (χ1n) is 7.34. The molecular formula is C16H21F3N2S. The lowest BCUT2D eigenvalue weighted by Gasteiger charge is -2.20. The van der Waals surface area contributed by atoms with E-state index in [1.807, 2.05) is 22.8 Å². The summed E-state index contributed by atoms with van der Waals surface area (Å²) in [5.41, 5.74) is 1.63. The number of hydrogen-bond donors (Lipinski definition) is 1. The van der Waals surface area contributed by atoms with Crippen LogP contribution in [0.5, 0.6) is 0 Å². The molecule has 0 saturated heterocycles. The Morgan fingerprint density at radius 1 is 1.14 bits per heavy atom. The number of unbranched alkanes of at least 4 members (excludes halogenated alkanes) is 1. The number of thiol groups is 1. The number of fused-ring (bicyclic) bond motifs is 1. The van der Waals surface area contributed by atoms with Crippen LogP contribution in [-0.2, 0) is 12.0 Å². The standard InChI is InChI=1S/C16H21F3N2S/c1-15(2,3)14-20-12-10-11(22)6-7-13(12)21(14)9-5-4-8-16(17,18)19/h6-7,10,22H,4-5,8-9H2,1-3H3. The molecule has 0 fully saturated rings. The topological polar surface area (TPSA) is 17.8 Å². The van der Waals surface area contributed by atoms with Gasteiger partial charge in [-0.25, -0.2) is 4.98 Å². The Labute approximate surface area is 134 Å². The molecule has 0 spiro atoms. The molecule has 1 aromatic heterocycles. The van der Waals surface area contributed by atoms with Crippen molar-refractivity contribution in [3.05, 3.63) is 24.0 Å². The van der Waals surface area contributed by atoms with E-state index < -0.39 is 12.6 Å². The summed E-state index contributed by atoms with van der Waals surface area (Å²) in [5.74, 6) is 0.897. The third kappa shape index (κ3) is 4.18. The van der Waals surface area contributed by atoms with E-state index in [1.165, 1.54) is 0 Å². The highest BCUT2D eigenvalue weighted by Gasteiger charge is 2.26. The van der Waals surface area contributed by atoms with Crippen molar-refractivity contribution in [1.82, 2.24) is 9.55 Å². The number of hydrogen-bond acceptors (Lipinski definition) is 2. The van der Waals surface area contributed by atoms with Crippen LogP contribution >= 0.6 is 12.6 Å². The summed E-state index contributed by atoms with van der Waals surface area (Å²) in [5, 5.41) is 0. The molecule has 0 saturated carbocycles. The molecule has 0 radical (unpaired) electrons. The van der Waals surface area contributed by atoms with E-state index >= 15 is 0 Å². The number of alkyl halides is 3. The van der Waals surface area contributed by atoms with Gasteiger partial charge in [0.15, 0.2) is 0 Å². The van der Waals surface area contributed by atoms with Crippen LogP contribution < -0.4 is 0 Å². The van der Waals surface area contributed by atoms with Crippen molar-refractivity contribution in [1.29, 1.82) is 0 Å². The second-order valence-electron chi connectivity index (χ2n) is 6.58. The molecule has 6 heteroatoms. The van der Waals surface area contributed by atoms with Crippen molar-refractivity contribution in [2.24, 2.45) is 0 Å². The van der Waals surface area contributed by atoms with E-state index in [0.717, 1.165) is 21.8 Å². The number of aryl methyl sites for hydroxylation is 1. The average molecular weight is 330 g/mol. The number of benzene rings is 1. The van der Waals surface area contributed by atoms with Gasteiger partial charge < -0.3 is 4.57 Å². The molecule has 2 rings (SSSR count). The van der Waals surface area contributed by atoms with Gasteiger partial charge in [-0.1, -0.05) is 20.8 Å². The van der Waals surface area contributed by atoms with Crippen LogP contribution in [0.25, 0.3) is 11.0 Å². The minimum Gasteiger partial charge on any atom is -0.328 e. The van der Waals surface area contributed by atoms with Crippen molar-refractivity contribution in [2.45, 2.75) is 63.1 Å². The van der Waals surface area contributed by atoms with Crippen LogP contribution in [0.3, 0.4) is 0 Å². The maximum absolute atomic E-state index is 12.3. The lowest BCUT2D eigenvalue weighted by molar-refractivity contribution is -0.135. The lowest BCUT2D eigenvalue weighted by atomic mass is 9.95. The van der Waals surface area contributed by atoms with Crippen LogP contribution in [0.15, 0.2) is 23.1 Å². The van der Waals surface area contributed by atoms with E-state index in [1.54, 1.807) is 0 Å². The largest absolute Gasteiger partial charge is 0.389 e. The Kier molecular flexibility index (Phi) is 4.80. The highest BCUT2D eigenvalue weighted by atomic mass is 32.1. The second kappa shape index (κ2) is 6.14. The average Bonchev–Trinajstić information content (AvgIpc) is 2.71. The molecule has 1 aromatic carbocycles. The molecule has 22 heavy (non-hydrogen) atoms. The highest BCUT2D eigenvalue weighted by molar-refractivity contribution is 7.80. The van der Waals surface area contributed by atoms with Crippen LogP contribution in [0.2, 0.25) is 0 Å². The molecule has 0 bridgehead atoms. The van der Waals surface area contributed by atoms with Gasteiger partial charge in [-0.3, -0.25) is 0 Å². The number of halogens is 3. The number of aromatic nitrogens is 2. The summed E-state index contributed by atoms with van der Waals surface area (Å²) in [6, 6.07) is 5.70. The number of rotatable bonds is 4. The molecule has 0 atom stereocenters. The van der Waals surface area contributed by atoms with Crippen LogP contribution in [0, 0.1) is 0 Å². The first-order valence-corrected chi connectivity index (χ1v) is 7.79. The smallest absolute Gasteiger partial charge is 0.328 e. The summed E-state index contributed by atoms with van der Waals surface area (Å²) in [6.07, 6.45) is -4.19. The number of nitrogens with zero attached hydrogens (tertiary/aromatic N) is 2. The molecule has 0 aliphatic carbocycles. The van der Waals surface area contributed by atoms with E-state index in [2.05, 4.69) is 38.4 Å².